The number of hydrogen-bond acceptors (Lipinski definition) is 4. The number of benzene rings is 2. The molecule has 33 heavy (non-hydrogen) atoms. The van der Waals surface area contributed by atoms with Crippen LogP contribution < -0.4 is 9.62 Å². The van der Waals surface area contributed by atoms with Gasteiger partial charge in [-0.1, -0.05) is 66.9 Å². The summed E-state index contributed by atoms with van der Waals surface area (Å²) < 4.78 is 26.0. The lowest BCUT2D eigenvalue weighted by molar-refractivity contribution is -0.139. The number of carbonyl (C=O) groups is 2. The molecular formula is C23H29Cl2N3O4S. The quantitative estimate of drug-likeness (QED) is 0.458. The average molecular weight is 514 g/mol. The zero-order valence-electron chi connectivity index (χ0n) is 18.9. The fraction of sp³-hybridized carbons (Fsp3) is 0.391. The Morgan fingerprint density at radius 3 is 2.36 bits per heavy atom. The highest BCUT2D eigenvalue weighted by Crippen LogP contribution is 2.30. The van der Waals surface area contributed by atoms with E-state index in [4.69, 9.17) is 23.2 Å². The van der Waals surface area contributed by atoms with Crippen LogP contribution in [-0.2, 0) is 26.2 Å². The van der Waals surface area contributed by atoms with Crippen LogP contribution in [0.15, 0.2) is 48.5 Å². The lowest BCUT2D eigenvalue weighted by atomic mass is 10.1. The topological polar surface area (TPSA) is 86.8 Å². The molecule has 2 amide bonds. The molecule has 0 fully saturated rings. The standard InChI is InChI=1S/C23H29Cl2N3O4S/c1-4-5-13-26-23(30)17(2)27(15-18-9-7-6-8-10-18)22(29)16-28(33(3,31)32)21-14-19(24)11-12-20(21)25/h6-12,14,17H,4-5,13,15-16H2,1-3H3,(H,26,30)/t17-/m1/s1. The molecule has 2 aromatic carbocycles. The van der Waals surface area contributed by atoms with Crippen LogP contribution in [0.3, 0.4) is 0 Å². The first-order valence-electron chi connectivity index (χ1n) is 10.6. The highest BCUT2D eigenvalue weighted by atomic mass is 35.5. The van der Waals surface area contributed by atoms with Crippen molar-refractivity contribution in [2.45, 2.75) is 39.3 Å². The Morgan fingerprint density at radius 1 is 1.09 bits per heavy atom. The summed E-state index contributed by atoms with van der Waals surface area (Å²) >= 11 is 12.3. The number of amides is 2. The normalized spacial score (nSPS) is 12.2. The van der Waals surface area contributed by atoms with Crippen molar-refractivity contribution in [2.24, 2.45) is 0 Å². The fourth-order valence-corrected chi connectivity index (χ4v) is 4.46. The Balaban J connectivity index is 2.36. The molecule has 0 aliphatic carbocycles. The summed E-state index contributed by atoms with van der Waals surface area (Å²) in [6.45, 7) is 3.75. The van der Waals surface area contributed by atoms with Gasteiger partial charge in [0, 0.05) is 18.1 Å². The molecule has 0 aromatic heterocycles. The molecule has 0 aliphatic heterocycles. The molecule has 0 bridgehead atoms. The van der Waals surface area contributed by atoms with Crippen LogP contribution in [0.5, 0.6) is 0 Å². The van der Waals surface area contributed by atoms with E-state index in [0.29, 0.717) is 6.54 Å². The molecule has 2 aromatic rings. The van der Waals surface area contributed by atoms with Crippen LogP contribution in [0.2, 0.25) is 10.0 Å². The molecule has 0 unspecified atom stereocenters. The van der Waals surface area contributed by atoms with Gasteiger partial charge >= 0.3 is 0 Å². The number of sulfonamides is 1. The van der Waals surface area contributed by atoms with Gasteiger partial charge in [-0.15, -0.1) is 0 Å². The molecule has 0 heterocycles. The number of carbonyl (C=O) groups excluding carboxylic acids is 2. The van der Waals surface area contributed by atoms with Crippen molar-refractivity contribution in [3.63, 3.8) is 0 Å². The van der Waals surface area contributed by atoms with Gasteiger partial charge < -0.3 is 10.2 Å². The third-order valence-electron chi connectivity index (χ3n) is 5.05. The third-order valence-corrected chi connectivity index (χ3v) is 6.73. The first kappa shape index (κ1) is 27.0. The SMILES string of the molecule is CCCCNC(=O)[C@@H](C)N(Cc1ccccc1)C(=O)CN(c1cc(Cl)ccc1Cl)S(C)(=O)=O. The van der Waals surface area contributed by atoms with Crippen molar-refractivity contribution >= 4 is 50.7 Å². The monoisotopic (exact) mass is 513 g/mol. The molecule has 180 valence electrons. The Labute approximate surface area is 205 Å². The van der Waals surface area contributed by atoms with Crippen molar-refractivity contribution in [1.82, 2.24) is 10.2 Å². The van der Waals surface area contributed by atoms with Gasteiger partial charge in [0.1, 0.15) is 12.6 Å². The van der Waals surface area contributed by atoms with Crippen LogP contribution in [0, 0.1) is 0 Å². The summed E-state index contributed by atoms with van der Waals surface area (Å²) in [5.74, 6) is -0.849. The first-order valence-corrected chi connectivity index (χ1v) is 13.2. The lowest BCUT2D eigenvalue weighted by Crippen LogP contribution is -2.51. The minimum atomic E-state index is -3.88. The van der Waals surface area contributed by atoms with Gasteiger partial charge in [-0.2, -0.15) is 0 Å². The van der Waals surface area contributed by atoms with E-state index in [1.165, 1.54) is 23.1 Å². The zero-order valence-corrected chi connectivity index (χ0v) is 21.3. The Bertz CT molecular complexity index is 1060. The maximum Gasteiger partial charge on any atom is 0.244 e. The number of hydrogen-bond donors (Lipinski definition) is 1. The highest BCUT2D eigenvalue weighted by molar-refractivity contribution is 7.92. The smallest absolute Gasteiger partial charge is 0.244 e. The summed E-state index contributed by atoms with van der Waals surface area (Å²) in [6, 6.07) is 12.8. The molecule has 2 rings (SSSR count). The second kappa shape index (κ2) is 12.3. The van der Waals surface area contributed by atoms with Crippen molar-refractivity contribution in [1.29, 1.82) is 0 Å². The van der Waals surface area contributed by atoms with Gasteiger partial charge in [-0.3, -0.25) is 13.9 Å². The van der Waals surface area contributed by atoms with Gasteiger partial charge in [0.15, 0.2) is 0 Å². The average Bonchev–Trinajstić information content (AvgIpc) is 2.77. The number of nitrogens with one attached hydrogen (secondary N) is 1. The Kier molecular flexibility index (Phi) is 10.0. The van der Waals surface area contributed by atoms with E-state index >= 15 is 0 Å². The van der Waals surface area contributed by atoms with E-state index in [0.717, 1.165) is 29.0 Å². The van der Waals surface area contributed by atoms with Crippen LogP contribution in [0.25, 0.3) is 0 Å². The van der Waals surface area contributed by atoms with Crippen molar-refractivity contribution in [2.75, 3.05) is 23.7 Å². The summed E-state index contributed by atoms with van der Waals surface area (Å²) in [6.07, 6.45) is 2.73. The predicted molar refractivity (Wildman–Crippen MR) is 133 cm³/mol. The maximum absolute atomic E-state index is 13.4. The largest absolute Gasteiger partial charge is 0.354 e. The molecule has 0 radical (unpaired) electrons. The van der Waals surface area contributed by atoms with Gasteiger partial charge in [0.2, 0.25) is 21.8 Å². The van der Waals surface area contributed by atoms with E-state index in [1.807, 2.05) is 37.3 Å². The molecular weight excluding hydrogens is 485 g/mol. The van der Waals surface area contributed by atoms with E-state index in [1.54, 1.807) is 6.92 Å². The molecule has 0 saturated heterocycles. The molecule has 0 spiro atoms. The van der Waals surface area contributed by atoms with Gasteiger partial charge in [0.25, 0.3) is 0 Å². The van der Waals surface area contributed by atoms with Crippen LogP contribution in [-0.4, -0.2) is 50.5 Å². The number of anilines is 1. The summed E-state index contributed by atoms with van der Waals surface area (Å²) in [4.78, 5) is 27.5. The summed E-state index contributed by atoms with van der Waals surface area (Å²) in [5, 5.41) is 3.25. The molecule has 0 aliphatic rings. The van der Waals surface area contributed by atoms with Crippen molar-refractivity contribution < 1.29 is 18.0 Å². The number of rotatable bonds is 11. The predicted octanol–water partition coefficient (Wildman–Crippen LogP) is 4.09. The number of nitrogens with zero attached hydrogens (tertiary/aromatic N) is 2. The Hall–Kier alpha value is -2.29. The molecule has 0 saturated carbocycles. The molecule has 10 heteroatoms. The number of halogens is 2. The third kappa shape index (κ3) is 7.91. The minimum Gasteiger partial charge on any atom is -0.354 e. The number of unbranched alkanes of at least 4 members (excludes halogenated alkanes) is 1. The second-order valence-electron chi connectivity index (χ2n) is 7.69. The summed E-state index contributed by atoms with van der Waals surface area (Å²) in [7, 11) is -3.88. The fourth-order valence-electron chi connectivity index (χ4n) is 3.17. The lowest BCUT2D eigenvalue weighted by Gasteiger charge is -2.31. The molecule has 1 N–H and O–H groups in total. The first-order chi connectivity index (χ1) is 15.5. The zero-order chi connectivity index (χ0) is 24.6. The Morgan fingerprint density at radius 2 is 1.76 bits per heavy atom. The van der Waals surface area contributed by atoms with Crippen molar-refractivity contribution in [3.05, 3.63) is 64.1 Å². The highest BCUT2D eigenvalue weighted by Gasteiger charge is 2.30. The van der Waals surface area contributed by atoms with E-state index < -0.39 is 28.5 Å². The van der Waals surface area contributed by atoms with Gasteiger partial charge in [-0.05, 0) is 37.1 Å². The minimum absolute atomic E-state index is 0.0970. The van der Waals surface area contributed by atoms with E-state index in [9.17, 15) is 18.0 Å². The summed E-state index contributed by atoms with van der Waals surface area (Å²) in [5.41, 5.74) is 0.908. The van der Waals surface area contributed by atoms with Crippen LogP contribution in [0.1, 0.15) is 32.3 Å². The van der Waals surface area contributed by atoms with Crippen molar-refractivity contribution in [3.8, 4) is 0 Å². The molecule has 7 nitrogen and oxygen atoms in total. The molecule has 1 atom stereocenters. The van der Waals surface area contributed by atoms with E-state index in [2.05, 4.69) is 5.32 Å². The van der Waals surface area contributed by atoms with Gasteiger partial charge in [0.05, 0.1) is 17.0 Å². The van der Waals surface area contributed by atoms with E-state index in [-0.39, 0.29) is 28.2 Å². The maximum atomic E-state index is 13.4. The van der Waals surface area contributed by atoms with Gasteiger partial charge in [-0.25, -0.2) is 8.42 Å². The van der Waals surface area contributed by atoms with Crippen LogP contribution >= 0.6 is 23.2 Å². The second-order valence-corrected chi connectivity index (χ2v) is 10.4. The van der Waals surface area contributed by atoms with Crippen LogP contribution in [0.4, 0.5) is 5.69 Å².